The Morgan fingerprint density at radius 1 is 0.885 bits per heavy atom. The molecule has 0 aliphatic heterocycles. The minimum absolute atomic E-state index is 0.0431. The molecule has 4 N–H and O–H groups in total. The number of aliphatic hydroxyl groups excluding tert-OH is 3. The van der Waals surface area contributed by atoms with Crippen molar-refractivity contribution in [3.05, 3.63) is 0 Å². The van der Waals surface area contributed by atoms with Gasteiger partial charge in [-0.1, -0.05) is 20.8 Å². The summed E-state index contributed by atoms with van der Waals surface area (Å²) in [6.45, 7) is 8.50. The largest absolute Gasteiger partial charge is 0.393 e. The first-order valence-corrected chi connectivity index (χ1v) is 10.8. The van der Waals surface area contributed by atoms with Crippen LogP contribution in [0.4, 0.5) is 0 Å². The van der Waals surface area contributed by atoms with Crippen LogP contribution in [0, 0.1) is 34.0 Å². The monoisotopic (exact) mass is 366 g/mol. The zero-order chi connectivity index (χ0) is 19.1. The van der Waals surface area contributed by atoms with E-state index in [2.05, 4.69) is 20.8 Å². The third kappa shape index (κ3) is 2.16. The SMILES string of the molecule is CC(O)C1(O)CCC2C3CCC4(C)CC(O)CCC4(C)C3C(O)CC21C. The minimum atomic E-state index is -1.09. The van der Waals surface area contributed by atoms with Gasteiger partial charge in [-0.25, -0.2) is 0 Å². The van der Waals surface area contributed by atoms with E-state index in [0.717, 1.165) is 38.5 Å². The van der Waals surface area contributed by atoms with Gasteiger partial charge in [-0.2, -0.15) is 0 Å². The van der Waals surface area contributed by atoms with Crippen molar-refractivity contribution in [3.8, 4) is 0 Å². The van der Waals surface area contributed by atoms with E-state index in [1.54, 1.807) is 6.92 Å². The molecular formula is C22H38O4. The fraction of sp³-hybridized carbons (Fsp3) is 1.00. The summed E-state index contributed by atoms with van der Waals surface area (Å²) in [5.41, 5.74) is -1.38. The van der Waals surface area contributed by atoms with E-state index in [1.807, 2.05) is 0 Å². The Morgan fingerprint density at radius 3 is 2.23 bits per heavy atom. The standard InChI is InChI=1S/C22H38O4/c1-13(23)22(26)10-7-16-15-6-8-19(2)11-14(24)5-9-20(19,3)18(15)17(25)12-21(16,22)4/h13-18,23-26H,5-12H2,1-4H3. The zero-order valence-electron chi connectivity index (χ0n) is 16.9. The lowest BCUT2D eigenvalue weighted by atomic mass is 9.39. The van der Waals surface area contributed by atoms with Crippen LogP contribution in [-0.4, -0.2) is 44.3 Å². The molecule has 0 aromatic carbocycles. The number of aliphatic hydroxyl groups is 4. The molecule has 4 aliphatic rings. The zero-order valence-corrected chi connectivity index (χ0v) is 16.9. The topological polar surface area (TPSA) is 80.9 Å². The first-order chi connectivity index (χ1) is 12.0. The molecule has 4 aliphatic carbocycles. The lowest BCUT2D eigenvalue weighted by Crippen LogP contribution is -2.65. The first-order valence-electron chi connectivity index (χ1n) is 10.8. The van der Waals surface area contributed by atoms with Crippen LogP contribution in [0.2, 0.25) is 0 Å². The third-order valence-corrected chi connectivity index (χ3v) is 10.2. The van der Waals surface area contributed by atoms with Gasteiger partial charge in [0.1, 0.15) is 0 Å². The second-order valence-corrected chi connectivity index (χ2v) is 11.0. The second kappa shape index (κ2) is 5.68. The Labute approximate surface area is 158 Å². The number of hydrogen-bond donors (Lipinski definition) is 4. The predicted molar refractivity (Wildman–Crippen MR) is 100 cm³/mol. The van der Waals surface area contributed by atoms with Gasteiger partial charge >= 0.3 is 0 Å². The van der Waals surface area contributed by atoms with Crippen LogP contribution < -0.4 is 0 Å². The van der Waals surface area contributed by atoms with E-state index in [1.165, 1.54) is 0 Å². The molecule has 4 rings (SSSR count). The van der Waals surface area contributed by atoms with Gasteiger partial charge in [0.05, 0.1) is 23.9 Å². The molecule has 150 valence electrons. The molecule has 0 amide bonds. The fourth-order valence-corrected chi connectivity index (χ4v) is 8.44. The van der Waals surface area contributed by atoms with Gasteiger partial charge in [0.25, 0.3) is 0 Å². The predicted octanol–water partition coefficient (Wildman–Crippen LogP) is 2.86. The van der Waals surface area contributed by atoms with Crippen LogP contribution in [0.25, 0.3) is 0 Å². The summed E-state index contributed by atoms with van der Waals surface area (Å²) >= 11 is 0. The molecule has 0 aromatic heterocycles. The maximum absolute atomic E-state index is 11.4. The molecule has 4 nitrogen and oxygen atoms in total. The van der Waals surface area contributed by atoms with E-state index < -0.39 is 23.2 Å². The molecule has 4 heteroatoms. The maximum Gasteiger partial charge on any atom is 0.0959 e. The number of fused-ring (bicyclic) bond motifs is 5. The van der Waals surface area contributed by atoms with E-state index >= 15 is 0 Å². The lowest BCUT2D eigenvalue weighted by Gasteiger charge is -2.66. The molecule has 0 aromatic rings. The van der Waals surface area contributed by atoms with Crippen molar-refractivity contribution < 1.29 is 20.4 Å². The molecule has 0 radical (unpaired) electrons. The smallest absolute Gasteiger partial charge is 0.0959 e. The summed E-state index contributed by atoms with van der Waals surface area (Å²) < 4.78 is 0. The van der Waals surface area contributed by atoms with Crippen LogP contribution in [0.5, 0.6) is 0 Å². The molecule has 0 heterocycles. The Kier molecular flexibility index (Phi) is 4.19. The van der Waals surface area contributed by atoms with Crippen molar-refractivity contribution in [2.45, 2.75) is 103 Å². The van der Waals surface area contributed by atoms with Gasteiger partial charge in [0.15, 0.2) is 0 Å². The van der Waals surface area contributed by atoms with Crippen molar-refractivity contribution in [1.82, 2.24) is 0 Å². The normalized spacial score (nSPS) is 60.7. The average molecular weight is 367 g/mol. The molecular weight excluding hydrogens is 328 g/mol. The molecule has 10 atom stereocenters. The van der Waals surface area contributed by atoms with Crippen molar-refractivity contribution in [1.29, 1.82) is 0 Å². The van der Waals surface area contributed by atoms with Gasteiger partial charge in [0, 0.05) is 5.41 Å². The fourth-order valence-electron chi connectivity index (χ4n) is 8.44. The summed E-state index contributed by atoms with van der Waals surface area (Å²) in [5.74, 6) is 1.01. The van der Waals surface area contributed by atoms with Crippen molar-refractivity contribution in [2.24, 2.45) is 34.0 Å². The van der Waals surface area contributed by atoms with Gasteiger partial charge in [-0.3, -0.25) is 0 Å². The summed E-state index contributed by atoms with van der Waals surface area (Å²) in [5, 5.41) is 43.3. The van der Waals surface area contributed by atoms with Crippen LogP contribution >= 0.6 is 0 Å². The Hall–Kier alpha value is -0.160. The van der Waals surface area contributed by atoms with Crippen molar-refractivity contribution >= 4 is 0 Å². The highest BCUT2D eigenvalue weighted by molar-refractivity contribution is 5.18. The van der Waals surface area contributed by atoms with E-state index in [0.29, 0.717) is 24.7 Å². The molecule has 0 saturated heterocycles. The van der Waals surface area contributed by atoms with Crippen molar-refractivity contribution in [2.75, 3.05) is 0 Å². The third-order valence-electron chi connectivity index (χ3n) is 10.2. The molecule has 10 unspecified atom stereocenters. The van der Waals surface area contributed by atoms with Crippen molar-refractivity contribution in [3.63, 3.8) is 0 Å². The molecule has 4 saturated carbocycles. The highest BCUT2D eigenvalue weighted by Crippen LogP contribution is 2.71. The Balaban J connectivity index is 1.72. The molecule has 0 bridgehead atoms. The van der Waals surface area contributed by atoms with E-state index in [-0.39, 0.29) is 22.9 Å². The van der Waals surface area contributed by atoms with Crippen LogP contribution in [-0.2, 0) is 0 Å². The van der Waals surface area contributed by atoms with Crippen LogP contribution in [0.1, 0.15) is 79.1 Å². The van der Waals surface area contributed by atoms with E-state index in [4.69, 9.17) is 0 Å². The maximum atomic E-state index is 11.4. The first kappa shape index (κ1) is 19.2. The number of rotatable bonds is 1. The summed E-state index contributed by atoms with van der Waals surface area (Å²) in [7, 11) is 0. The lowest BCUT2D eigenvalue weighted by molar-refractivity contribution is -0.235. The van der Waals surface area contributed by atoms with Gasteiger partial charge in [-0.15, -0.1) is 0 Å². The Morgan fingerprint density at radius 2 is 1.58 bits per heavy atom. The molecule has 4 fully saturated rings. The molecule has 0 spiro atoms. The summed E-state index contributed by atoms with van der Waals surface area (Å²) in [4.78, 5) is 0. The Bertz CT molecular complexity index is 578. The van der Waals surface area contributed by atoms with Gasteiger partial charge in [0.2, 0.25) is 0 Å². The van der Waals surface area contributed by atoms with Gasteiger partial charge in [-0.05, 0) is 86.9 Å². The van der Waals surface area contributed by atoms with Crippen LogP contribution in [0.15, 0.2) is 0 Å². The average Bonchev–Trinajstić information content (AvgIpc) is 2.81. The quantitative estimate of drug-likeness (QED) is 0.575. The number of hydrogen-bond acceptors (Lipinski definition) is 4. The van der Waals surface area contributed by atoms with Gasteiger partial charge < -0.3 is 20.4 Å². The highest BCUT2D eigenvalue weighted by atomic mass is 16.3. The summed E-state index contributed by atoms with van der Waals surface area (Å²) in [6.07, 6.45) is 5.56. The van der Waals surface area contributed by atoms with Crippen LogP contribution in [0.3, 0.4) is 0 Å². The summed E-state index contributed by atoms with van der Waals surface area (Å²) in [6, 6.07) is 0. The minimum Gasteiger partial charge on any atom is -0.393 e. The highest BCUT2D eigenvalue weighted by Gasteiger charge is 2.69. The second-order valence-electron chi connectivity index (χ2n) is 11.0. The molecule has 26 heavy (non-hydrogen) atoms. The van der Waals surface area contributed by atoms with E-state index in [9.17, 15) is 20.4 Å².